The fraction of sp³-hybridized carbons (Fsp3) is 0.211. The Kier molecular flexibility index (Phi) is 5.41. The van der Waals surface area contributed by atoms with Crippen molar-refractivity contribution in [1.82, 2.24) is 15.1 Å². The van der Waals surface area contributed by atoms with Gasteiger partial charge in [0.25, 0.3) is 0 Å². The molecule has 0 spiro atoms. The van der Waals surface area contributed by atoms with E-state index in [1.807, 2.05) is 36.4 Å². The molecular weight excluding hydrogens is 318 g/mol. The van der Waals surface area contributed by atoms with Gasteiger partial charge in [0.05, 0.1) is 18.3 Å². The van der Waals surface area contributed by atoms with Gasteiger partial charge in [-0.3, -0.25) is 14.3 Å². The Bertz CT molecular complexity index is 906. The second-order valence-electron chi connectivity index (χ2n) is 5.55. The molecule has 0 atom stereocenters. The first-order chi connectivity index (χ1) is 12.2. The molecular formula is C19H19N3O3. The number of ether oxygens (including phenoxy) is 1. The zero-order chi connectivity index (χ0) is 17.5. The van der Waals surface area contributed by atoms with Gasteiger partial charge in [-0.05, 0) is 30.7 Å². The average molecular weight is 337 g/mol. The number of carbonyl (C=O) groups is 1. The third kappa shape index (κ3) is 4.44. The van der Waals surface area contributed by atoms with Crippen LogP contribution >= 0.6 is 0 Å². The minimum absolute atomic E-state index is 0.0698. The van der Waals surface area contributed by atoms with E-state index >= 15 is 0 Å². The quantitative estimate of drug-likeness (QED) is 0.669. The standard InChI is InChI=1S/C19H19N3O3/c23-18-13-21-22(17-10-5-4-9-16(17)18)14-19(24)20-11-6-12-25-15-7-2-1-3-8-15/h1-5,7-10,13H,6,11-12,14H2,(H,20,24). The van der Waals surface area contributed by atoms with Crippen LogP contribution in [-0.4, -0.2) is 28.8 Å². The van der Waals surface area contributed by atoms with Crippen LogP contribution in [0.4, 0.5) is 0 Å². The van der Waals surface area contributed by atoms with Crippen molar-refractivity contribution in [3.8, 4) is 5.75 Å². The van der Waals surface area contributed by atoms with Gasteiger partial charge in [-0.25, -0.2) is 0 Å². The van der Waals surface area contributed by atoms with Crippen molar-refractivity contribution in [3.05, 3.63) is 71.0 Å². The number of para-hydroxylation sites is 2. The molecule has 1 heterocycles. The smallest absolute Gasteiger partial charge is 0.241 e. The van der Waals surface area contributed by atoms with Gasteiger partial charge in [0.2, 0.25) is 11.3 Å². The Hall–Kier alpha value is -3.15. The summed E-state index contributed by atoms with van der Waals surface area (Å²) in [6.07, 6.45) is 1.95. The molecule has 0 fully saturated rings. The SMILES string of the molecule is O=C(Cn1ncc(=O)c2ccccc21)NCCCOc1ccccc1. The average Bonchev–Trinajstić information content (AvgIpc) is 2.65. The molecule has 0 saturated carbocycles. The second kappa shape index (κ2) is 8.10. The number of benzene rings is 2. The van der Waals surface area contributed by atoms with Crippen molar-refractivity contribution in [1.29, 1.82) is 0 Å². The lowest BCUT2D eigenvalue weighted by Crippen LogP contribution is -2.30. The van der Waals surface area contributed by atoms with Crippen molar-refractivity contribution >= 4 is 16.8 Å². The van der Waals surface area contributed by atoms with Crippen molar-refractivity contribution in [2.24, 2.45) is 0 Å². The minimum atomic E-state index is -0.152. The maximum absolute atomic E-state index is 12.1. The van der Waals surface area contributed by atoms with Crippen LogP contribution in [0.1, 0.15) is 6.42 Å². The van der Waals surface area contributed by atoms with Gasteiger partial charge >= 0.3 is 0 Å². The normalized spacial score (nSPS) is 10.6. The number of aromatic nitrogens is 2. The molecule has 1 amide bonds. The van der Waals surface area contributed by atoms with Crippen LogP contribution < -0.4 is 15.5 Å². The number of nitrogens with zero attached hydrogens (tertiary/aromatic N) is 2. The summed E-state index contributed by atoms with van der Waals surface area (Å²) in [6, 6.07) is 16.7. The van der Waals surface area contributed by atoms with Crippen LogP contribution in [0.2, 0.25) is 0 Å². The molecule has 6 nitrogen and oxygen atoms in total. The first-order valence-corrected chi connectivity index (χ1v) is 8.13. The highest BCUT2D eigenvalue weighted by molar-refractivity contribution is 5.81. The number of hydrogen-bond donors (Lipinski definition) is 1. The van der Waals surface area contributed by atoms with Gasteiger partial charge in [0.1, 0.15) is 12.3 Å². The van der Waals surface area contributed by atoms with Gasteiger partial charge < -0.3 is 10.1 Å². The van der Waals surface area contributed by atoms with E-state index in [-0.39, 0.29) is 17.9 Å². The molecule has 0 unspecified atom stereocenters. The summed E-state index contributed by atoms with van der Waals surface area (Å²) in [4.78, 5) is 23.9. The van der Waals surface area contributed by atoms with Gasteiger partial charge in [-0.1, -0.05) is 30.3 Å². The van der Waals surface area contributed by atoms with Gasteiger partial charge in [-0.2, -0.15) is 5.10 Å². The van der Waals surface area contributed by atoms with E-state index in [4.69, 9.17) is 4.74 Å². The summed E-state index contributed by atoms with van der Waals surface area (Å²) in [5.41, 5.74) is 0.503. The summed E-state index contributed by atoms with van der Waals surface area (Å²) in [5, 5.41) is 7.44. The Labute approximate surface area is 145 Å². The summed E-state index contributed by atoms with van der Waals surface area (Å²) in [7, 11) is 0. The zero-order valence-electron chi connectivity index (χ0n) is 13.7. The summed E-state index contributed by atoms with van der Waals surface area (Å²) >= 11 is 0. The first kappa shape index (κ1) is 16.7. The van der Waals surface area contributed by atoms with Crippen LogP contribution in [0.5, 0.6) is 5.75 Å². The van der Waals surface area contributed by atoms with Crippen molar-refractivity contribution in [2.75, 3.05) is 13.2 Å². The molecule has 0 aliphatic carbocycles. The molecule has 0 radical (unpaired) electrons. The predicted octanol–water partition coefficient (Wildman–Crippen LogP) is 1.98. The van der Waals surface area contributed by atoms with Crippen LogP contribution in [0, 0.1) is 0 Å². The molecule has 0 aliphatic heterocycles. The molecule has 2 aromatic carbocycles. The van der Waals surface area contributed by atoms with Crippen LogP contribution in [0.25, 0.3) is 10.9 Å². The fourth-order valence-corrected chi connectivity index (χ4v) is 2.49. The van der Waals surface area contributed by atoms with Crippen LogP contribution in [0.3, 0.4) is 0 Å². The number of rotatable bonds is 7. The van der Waals surface area contributed by atoms with E-state index in [9.17, 15) is 9.59 Å². The minimum Gasteiger partial charge on any atom is -0.494 e. The third-order valence-electron chi connectivity index (χ3n) is 3.71. The number of amides is 1. The number of carbonyl (C=O) groups excluding carboxylic acids is 1. The topological polar surface area (TPSA) is 73.2 Å². The lowest BCUT2D eigenvalue weighted by atomic mass is 10.2. The van der Waals surface area contributed by atoms with E-state index in [0.717, 1.165) is 5.75 Å². The molecule has 128 valence electrons. The maximum Gasteiger partial charge on any atom is 0.241 e. The molecule has 1 aromatic heterocycles. The Morgan fingerprint density at radius 3 is 2.68 bits per heavy atom. The van der Waals surface area contributed by atoms with Gasteiger partial charge in [-0.15, -0.1) is 0 Å². The van der Waals surface area contributed by atoms with Crippen molar-refractivity contribution in [2.45, 2.75) is 13.0 Å². The number of nitrogens with one attached hydrogen (secondary N) is 1. The number of fused-ring (bicyclic) bond motifs is 1. The molecule has 0 bridgehead atoms. The van der Waals surface area contributed by atoms with Gasteiger partial charge in [0.15, 0.2) is 0 Å². The summed E-state index contributed by atoms with van der Waals surface area (Å²) in [5.74, 6) is 0.666. The largest absolute Gasteiger partial charge is 0.494 e. The van der Waals surface area contributed by atoms with Crippen molar-refractivity contribution in [3.63, 3.8) is 0 Å². The monoisotopic (exact) mass is 337 g/mol. The lowest BCUT2D eigenvalue weighted by Gasteiger charge is -2.10. The Balaban J connectivity index is 1.48. The highest BCUT2D eigenvalue weighted by atomic mass is 16.5. The molecule has 3 rings (SSSR count). The molecule has 6 heteroatoms. The summed E-state index contributed by atoms with van der Waals surface area (Å²) in [6.45, 7) is 1.12. The fourth-order valence-electron chi connectivity index (χ4n) is 2.49. The predicted molar refractivity (Wildman–Crippen MR) is 95.6 cm³/mol. The first-order valence-electron chi connectivity index (χ1n) is 8.13. The molecule has 0 saturated heterocycles. The third-order valence-corrected chi connectivity index (χ3v) is 3.71. The molecule has 0 aliphatic rings. The second-order valence-corrected chi connectivity index (χ2v) is 5.55. The zero-order valence-corrected chi connectivity index (χ0v) is 13.7. The highest BCUT2D eigenvalue weighted by Gasteiger charge is 2.07. The van der Waals surface area contributed by atoms with E-state index in [1.54, 1.807) is 18.2 Å². The van der Waals surface area contributed by atoms with Gasteiger partial charge in [0, 0.05) is 11.9 Å². The molecule has 25 heavy (non-hydrogen) atoms. The molecule has 3 aromatic rings. The maximum atomic E-state index is 12.1. The Morgan fingerprint density at radius 1 is 1.08 bits per heavy atom. The molecule has 1 N–H and O–H groups in total. The Morgan fingerprint density at radius 2 is 1.84 bits per heavy atom. The highest BCUT2D eigenvalue weighted by Crippen LogP contribution is 2.08. The van der Waals surface area contributed by atoms with E-state index in [1.165, 1.54) is 10.9 Å². The summed E-state index contributed by atoms with van der Waals surface area (Å²) < 4.78 is 7.11. The van der Waals surface area contributed by atoms with Crippen LogP contribution in [0.15, 0.2) is 65.6 Å². The number of hydrogen-bond acceptors (Lipinski definition) is 4. The lowest BCUT2D eigenvalue weighted by molar-refractivity contribution is -0.121. The van der Waals surface area contributed by atoms with E-state index < -0.39 is 0 Å². The van der Waals surface area contributed by atoms with Crippen LogP contribution in [-0.2, 0) is 11.3 Å². The van der Waals surface area contributed by atoms with E-state index in [2.05, 4.69) is 10.4 Å². The van der Waals surface area contributed by atoms with E-state index in [0.29, 0.717) is 30.5 Å². The van der Waals surface area contributed by atoms with Crippen molar-refractivity contribution < 1.29 is 9.53 Å².